The Morgan fingerprint density at radius 1 is 1.29 bits per heavy atom. The Bertz CT molecular complexity index is 980. The molecule has 0 bridgehead atoms. The highest BCUT2D eigenvalue weighted by Crippen LogP contribution is 2.30. The van der Waals surface area contributed by atoms with Crippen molar-refractivity contribution < 1.29 is 13.7 Å². The Morgan fingerprint density at radius 2 is 2.04 bits per heavy atom. The van der Waals surface area contributed by atoms with Crippen molar-refractivity contribution in [3.63, 3.8) is 0 Å². The Morgan fingerprint density at radius 3 is 2.79 bits per heavy atom. The van der Waals surface area contributed by atoms with Crippen LogP contribution in [-0.4, -0.2) is 14.5 Å². The van der Waals surface area contributed by atoms with Crippen LogP contribution >= 0.6 is 0 Å². The molecule has 0 atom stereocenters. The van der Waals surface area contributed by atoms with E-state index in [9.17, 15) is 19.3 Å². The van der Waals surface area contributed by atoms with Crippen molar-refractivity contribution in [1.82, 2.24) is 9.55 Å². The van der Waals surface area contributed by atoms with Crippen LogP contribution < -0.4 is 11.4 Å². The number of anilines is 1. The minimum absolute atomic E-state index is 0.0797. The van der Waals surface area contributed by atoms with Gasteiger partial charge in [-0.15, -0.1) is 0 Å². The van der Waals surface area contributed by atoms with E-state index in [0.29, 0.717) is 11.3 Å². The molecular formula is C15H11FN4O4. The number of nitrogens with zero attached hydrogens (tertiary/aromatic N) is 3. The van der Waals surface area contributed by atoms with Gasteiger partial charge in [-0.05, 0) is 18.2 Å². The van der Waals surface area contributed by atoms with Crippen molar-refractivity contribution in [2.24, 2.45) is 0 Å². The second-order valence-electron chi connectivity index (χ2n) is 4.92. The third-order valence-electron chi connectivity index (χ3n) is 3.33. The maximum Gasteiger partial charge on any atom is 0.350 e. The molecule has 2 heterocycles. The van der Waals surface area contributed by atoms with Crippen LogP contribution in [0, 0.1) is 15.9 Å². The van der Waals surface area contributed by atoms with Gasteiger partial charge in [-0.1, -0.05) is 12.1 Å². The molecular weight excluding hydrogens is 319 g/mol. The Hall–Kier alpha value is -3.49. The minimum Gasteiger partial charge on any atom is -0.459 e. The standard InChI is InChI=1S/C15H11FN4O4/c16-11-8-19(15(21)18-14(11)17)7-9-5-6-13(24-9)10-3-1-2-4-12(10)20(22)23/h1-6,8H,7H2,(H2,17,18,21). The van der Waals surface area contributed by atoms with Crippen LogP contribution in [-0.2, 0) is 6.54 Å². The van der Waals surface area contributed by atoms with Gasteiger partial charge in [-0.25, -0.2) is 9.18 Å². The number of benzene rings is 1. The van der Waals surface area contributed by atoms with Crippen molar-refractivity contribution in [2.45, 2.75) is 6.54 Å². The Kier molecular flexibility index (Phi) is 3.82. The highest BCUT2D eigenvalue weighted by molar-refractivity contribution is 5.69. The summed E-state index contributed by atoms with van der Waals surface area (Å²) in [7, 11) is 0. The van der Waals surface area contributed by atoms with Crippen molar-refractivity contribution in [3.8, 4) is 11.3 Å². The van der Waals surface area contributed by atoms with Crippen molar-refractivity contribution >= 4 is 11.5 Å². The van der Waals surface area contributed by atoms with E-state index in [1.165, 1.54) is 6.07 Å². The van der Waals surface area contributed by atoms with Gasteiger partial charge < -0.3 is 10.2 Å². The first-order chi connectivity index (χ1) is 11.5. The first-order valence-corrected chi connectivity index (χ1v) is 6.80. The predicted octanol–water partition coefficient (Wildman–Crippen LogP) is 2.18. The first kappa shape index (κ1) is 15.4. The number of nitrogens with two attached hydrogens (primary N) is 1. The highest BCUT2D eigenvalue weighted by atomic mass is 19.1. The second kappa shape index (κ2) is 5.95. The molecule has 0 fully saturated rings. The lowest BCUT2D eigenvalue weighted by Crippen LogP contribution is -2.24. The van der Waals surface area contributed by atoms with Gasteiger partial charge in [0.2, 0.25) is 0 Å². The van der Waals surface area contributed by atoms with Crippen molar-refractivity contribution in [2.75, 3.05) is 5.73 Å². The predicted molar refractivity (Wildman–Crippen MR) is 82.8 cm³/mol. The third-order valence-corrected chi connectivity index (χ3v) is 3.33. The van der Waals surface area contributed by atoms with E-state index in [-0.39, 0.29) is 18.0 Å². The van der Waals surface area contributed by atoms with E-state index in [4.69, 9.17) is 10.2 Å². The SMILES string of the molecule is Nc1nc(=O)n(Cc2ccc(-c3ccccc3[N+](=O)[O-])o2)cc1F. The molecule has 0 spiro atoms. The van der Waals surface area contributed by atoms with Gasteiger partial charge in [0, 0.05) is 12.3 Å². The molecule has 0 amide bonds. The number of hydrogen-bond acceptors (Lipinski definition) is 6. The zero-order valence-corrected chi connectivity index (χ0v) is 12.2. The number of halogens is 1. The van der Waals surface area contributed by atoms with Crippen LogP contribution in [0.15, 0.2) is 51.8 Å². The van der Waals surface area contributed by atoms with E-state index in [2.05, 4.69) is 4.98 Å². The van der Waals surface area contributed by atoms with Gasteiger partial charge in [0.05, 0.1) is 17.0 Å². The Labute approximate surface area is 134 Å². The topological polar surface area (TPSA) is 117 Å². The summed E-state index contributed by atoms with van der Waals surface area (Å²) in [5, 5.41) is 11.1. The third kappa shape index (κ3) is 2.86. The fourth-order valence-electron chi connectivity index (χ4n) is 2.21. The Balaban J connectivity index is 1.94. The van der Waals surface area contributed by atoms with Crippen molar-refractivity contribution in [3.05, 3.63) is 74.8 Å². The van der Waals surface area contributed by atoms with Crippen LogP contribution in [0.3, 0.4) is 0 Å². The number of hydrogen-bond donors (Lipinski definition) is 1. The summed E-state index contributed by atoms with van der Waals surface area (Å²) in [6.45, 7) is -0.0797. The highest BCUT2D eigenvalue weighted by Gasteiger charge is 2.17. The average molecular weight is 330 g/mol. The summed E-state index contributed by atoms with van der Waals surface area (Å²) in [4.78, 5) is 25.6. The van der Waals surface area contributed by atoms with Crippen molar-refractivity contribution in [1.29, 1.82) is 0 Å². The zero-order valence-electron chi connectivity index (χ0n) is 12.2. The molecule has 3 rings (SSSR count). The maximum atomic E-state index is 13.4. The molecule has 0 radical (unpaired) electrons. The van der Waals surface area contributed by atoms with Gasteiger partial charge in [0.25, 0.3) is 5.69 Å². The van der Waals surface area contributed by atoms with E-state index in [0.717, 1.165) is 10.8 Å². The number of nitrogen functional groups attached to an aromatic ring is 1. The minimum atomic E-state index is -0.819. The van der Waals surface area contributed by atoms with E-state index in [1.54, 1.807) is 30.3 Å². The first-order valence-electron chi connectivity index (χ1n) is 6.80. The lowest BCUT2D eigenvalue weighted by atomic mass is 10.1. The van der Waals surface area contributed by atoms with Crippen LogP contribution in [0.25, 0.3) is 11.3 Å². The quantitative estimate of drug-likeness (QED) is 0.579. The van der Waals surface area contributed by atoms with Gasteiger partial charge in [-0.2, -0.15) is 4.98 Å². The van der Waals surface area contributed by atoms with Gasteiger partial charge >= 0.3 is 5.69 Å². The summed E-state index contributed by atoms with van der Waals surface area (Å²) in [6.07, 6.45) is 0.928. The van der Waals surface area contributed by atoms with Crippen LogP contribution in [0.2, 0.25) is 0 Å². The monoisotopic (exact) mass is 330 g/mol. The molecule has 3 aromatic rings. The lowest BCUT2D eigenvalue weighted by Gasteiger charge is -2.04. The normalized spacial score (nSPS) is 10.7. The molecule has 122 valence electrons. The van der Waals surface area contributed by atoms with Crippen LogP contribution in [0.5, 0.6) is 0 Å². The summed E-state index contributed by atoms with van der Waals surface area (Å²) >= 11 is 0. The molecule has 24 heavy (non-hydrogen) atoms. The molecule has 8 nitrogen and oxygen atoms in total. The summed E-state index contributed by atoms with van der Waals surface area (Å²) in [5.74, 6) is -0.707. The molecule has 0 aliphatic carbocycles. The molecule has 0 unspecified atom stereocenters. The molecule has 2 aromatic heterocycles. The second-order valence-corrected chi connectivity index (χ2v) is 4.92. The molecule has 0 aliphatic heterocycles. The molecule has 9 heteroatoms. The van der Waals surface area contributed by atoms with E-state index < -0.39 is 22.2 Å². The van der Waals surface area contributed by atoms with E-state index >= 15 is 0 Å². The van der Waals surface area contributed by atoms with Crippen LogP contribution in [0.1, 0.15) is 5.76 Å². The van der Waals surface area contributed by atoms with Gasteiger partial charge in [-0.3, -0.25) is 14.7 Å². The molecule has 1 aromatic carbocycles. The summed E-state index contributed by atoms with van der Waals surface area (Å²) in [6, 6.07) is 9.21. The number of furan rings is 1. The fraction of sp³-hybridized carbons (Fsp3) is 0.0667. The number of nitro benzene ring substituents is 1. The molecule has 0 aliphatic rings. The zero-order chi connectivity index (χ0) is 17.3. The van der Waals surface area contributed by atoms with Gasteiger partial charge in [0.15, 0.2) is 11.6 Å². The summed E-state index contributed by atoms with van der Waals surface area (Å²) < 4.78 is 20.0. The number of rotatable bonds is 4. The number of aromatic nitrogens is 2. The maximum absolute atomic E-state index is 13.4. The van der Waals surface area contributed by atoms with Crippen LogP contribution in [0.4, 0.5) is 15.9 Å². The van der Waals surface area contributed by atoms with Gasteiger partial charge in [0.1, 0.15) is 11.5 Å². The molecule has 0 saturated carbocycles. The number of para-hydroxylation sites is 1. The average Bonchev–Trinajstić information content (AvgIpc) is 3.01. The smallest absolute Gasteiger partial charge is 0.350 e. The lowest BCUT2D eigenvalue weighted by molar-refractivity contribution is -0.384. The number of nitro groups is 1. The largest absolute Gasteiger partial charge is 0.459 e. The summed E-state index contributed by atoms with van der Waals surface area (Å²) in [5.41, 5.74) is 4.70. The fourth-order valence-corrected chi connectivity index (χ4v) is 2.21. The molecule has 0 saturated heterocycles. The van der Waals surface area contributed by atoms with E-state index in [1.807, 2.05) is 0 Å². The molecule has 2 N–H and O–H groups in total.